The third-order valence-electron chi connectivity index (χ3n) is 1.92. The molecule has 0 saturated carbocycles. The molecule has 0 aliphatic rings. The maximum Gasteiger partial charge on any atom is 0.354 e. The van der Waals surface area contributed by atoms with E-state index in [1.165, 1.54) is 10.9 Å². The topological polar surface area (TPSA) is 77.2 Å². The third-order valence-corrected chi connectivity index (χ3v) is 1.92. The summed E-state index contributed by atoms with van der Waals surface area (Å²) < 4.78 is 0. The molecule has 0 bridgehead atoms. The first-order valence-electron chi connectivity index (χ1n) is 4.83. The van der Waals surface area contributed by atoms with E-state index in [2.05, 4.69) is 10.1 Å². The number of carboxylic acid groups (broad SMARTS) is 1. The van der Waals surface area contributed by atoms with Crippen LogP contribution >= 0.6 is 0 Å². The molecule has 2 aromatic heterocycles. The highest BCUT2D eigenvalue weighted by atomic mass is 16.7. The minimum Gasteiger partial charge on any atom is -0.477 e. The number of hydrogen-bond donors (Lipinski definition) is 1. The van der Waals surface area contributed by atoms with E-state index in [1.54, 1.807) is 12.3 Å². The zero-order valence-corrected chi connectivity index (χ0v) is 8.91. The molecule has 0 aromatic carbocycles. The highest BCUT2D eigenvalue weighted by Crippen LogP contribution is 2.11. The van der Waals surface area contributed by atoms with Gasteiger partial charge in [-0.15, -0.1) is 5.10 Å². The Labute approximate surface area is 91.4 Å². The summed E-state index contributed by atoms with van der Waals surface area (Å²) in [6, 6.07) is 3.09. The van der Waals surface area contributed by atoms with Crippen LogP contribution in [-0.2, 0) is 0 Å². The molecule has 0 unspecified atom stereocenters. The van der Waals surface area contributed by atoms with E-state index < -0.39 is 5.97 Å². The Kier molecular flexibility index (Phi) is 2.47. The second-order valence-electron chi connectivity index (χ2n) is 3.59. The van der Waals surface area contributed by atoms with Crippen LogP contribution in [0.2, 0.25) is 0 Å². The van der Waals surface area contributed by atoms with Crippen molar-refractivity contribution < 1.29 is 14.7 Å². The highest BCUT2D eigenvalue weighted by Gasteiger charge is 2.10. The number of fused-ring (bicyclic) bond motifs is 1. The summed E-state index contributed by atoms with van der Waals surface area (Å²) in [4.78, 5) is 21.3. The molecule has 0 aliphatic heterocycles. The first-order valence-corrected chi connectivity index (χ1v) is 4.83. The maximum absolute atomic E-state index is 10.8. The van der Waals surface area contributed by atoms with Crippen LogP contribution in [0, 0.1) is 0 Å². The largest absolute Gasteiger partial charge is 0.477 e. The van der Waals surface area contributed by atoms with Crippen molar-refractivity contribution in [1.29, 1.82) is 0 Å². The van der Waals surface area contributed by atoms with Crippen LogP contribution in [0.4, 0.5) is 0 Å². The van der Waals surface area contributed by atoms with Crippen LogP contribution in [-0.4, -0.2) is 32.1 Å². The van der Waals surface area contributed by atoms with E-state index in [-0.39, 0.29) is 11.8 Å². The summed E-state index contributed by atoms with van der Waals surface area (Å²) in [7, 11) is 0. The fourth-order valence-corrected chi connectivity index (χ4v) is 1.28. The van der Waals surface area contributed by atoms with E-state index in [4.69, 9.17) is 9.94 Å². The van der Waals surface area contributed by atoms with Crippen molar-refractivity contribution in [3.8, 4) is 0 Å². The molecule has 0 aliphatic carbocycles. The van der Waals surface area contributed by atoms with E-state index >= 15 is 0 Å². The number of carboxylic acids is 1. The Morgan fingerprint density at radius 3 is 2.88 bits per heavy atom. The van der Waals surface area contributed by atoms with Crippen LogP contribution in [0.5, 0.6) is 0 Å². The van der Waals surface area contributed by atoms with Gasteiger partial charge in [-0.25, -0.2) is 9.78 Å². The van der Waals surface area contributed by atoms with E-state index in [0.717, 1.165) is 5.39 Å². The number of hydrogen-bond acceptors (Lipinski definition) is 4. The summed E-state index contributed by atoms with van der Waals surface area (Å²) in [5, 5.41) is 13.5. The minimum atomic E-state index is -1.07. The van der Waals surface area contributed by atoms with Gasteiger partial charge in [-0.1, -0.05) is 4.85 Å². The molecule has 16 heavy (non-hydrogen) atoms. The standard InChI is InChI=1S/C10H11N3O3/c1-6(2)16-13-9-7(5-11-13)3-4-8(12-9)10(14)15/h3-6H,1-2H3,(H,14,15). The SMILES string of the molecule is CC(C)On1ncc2ccc(C(=O)O)nc21. The Morgan fingerprint density at radius 2 is 2.25 bits per heavy atom. The number of rotatable bonds is 3. The monoisotopic (exact) mass is 221 g/mol. The summed E-state index contributed by atoms with van der Waals surface area (Å²) in [6.45, 7) is 3.71. The first kappa shape index (κ1) is 10.4. The number of nitrogens with zero attached hydrogens (tertiary/aromatic N) is 3. The molecule has 0 amide bonds. The smallest absolute Gasteiger partial charge is 0.354 e. The number of aromatic carboxylic acids is 1. The molecule has 6 heteroatoms. The van der Waals surface area contributed by atoms with Crippen molar-refractivity contribution in [3.05, 3.63) is 24.0 Å². The van der Waals surface area contributed by atoms with Gasteiger partial charge in [0.1, 0.15) is 6.10 Å². The summed E-state index contributed by atoms with van der Waals surface area (Å²) in [5.41, 5.74) is 0.384. The van der Waals surface area contributed by atoms with Gasteiger partial charge in [0.05, 0.1) is 6.20 Å². The normalized spacial score (nSPS) is 10.9. The molecule has 2 aromatic rings. The lowest BCUT2D eigenvalue weighted by Crippen LogP contribution is -2.20. The van der Waals surface area contributed by atoms with Crippen molar-refractivity contribution in [2.45, 2.75) is 20.0 Å². The van der Waals surface area contributed by atoms with Gasteiger partial charge in [-0.05, 0) is 26.0 Å². The average Bonchev–Trinajstić information content (AvgIpc) is 2.60. The molecule has 6 nitrogen and oxygen atoms in total. The summed E-state index contributed by atoms with van der Waals surface area (Å²) in [5.74, 6) is -1.07. The molecule has 84 valence electrons. The lowest BCUT2D eigenvalue weighted by molar-refractivity contribution is 0.0432. The van der Waals surface area contributed by atoms with Gasteiger partial charge >= 0.3 is 5.97 Å². The van der Waals surface area contributed by atoms with Crippen LogP contribution in [0.1, 0.15) is 24.3 Å². The van der Waals surface area contributed by atoms with Gasteiger partial charge in [0.15, 0.2) is 11.3 Å². The molecule has 0 fully saturated rings. The van der Waals surface area contributed by atoms with Gasteiger partial charge in [0.25, 0.3) is 0 Å². The van der Waals surface area contributed by atoms with E-state index in [0.29, 0.717) is 5.65 Å². The zero-order chi connectivity index (χ0) is 11.7. The van der Waals surface area contributed by atoms with E-state index in [1.807, 2.05) is 13.8 Å². The summed E-state index contributed by atoms with van der Waals surface area (Å²) in [6.07, 6.45) is 1.52. The van der Waals surface area contributed by atoms with Crippen molar-refractivity contribution in [2.24, 2.45) is 0 Å². The first-order chi connectivity index (χ1) is 7.58. The molecule has 0 radical (unpaired) electrons. The van der Waals surface area contributed by atoms with Crippen molar-refractivity contribution in [3.63, 3.8) is 0 Å². The third kappa shape index (κ3) is 1.81. The Hall–Kier alpha value is -2.11. The molecule has 0 spiro atoms. The van der Waals surface area contributed by atoms with Crippen LogP contribution in [0.15, 0.2) is 18.3 Å². The number of carbonyl (C=O) groups is 1. The van der Waals surface area contributed by atoms with Gasteiger partial charge in [0.2, 0.25) is 0 Å². The molecular weight excluding hydrogens is 210 g/mol. The molecule has 2 rings (SSSR count). The lowest BCUT2D eigenvalue weighted by Gasteiger charge is -2.08. The predicted octanol–water partition coefficient (Wildman–Crippen LogP) is 0.966. The van der Waals surface area contributed by atoms with Gasteiger partial charge in [-0.2, -0.15) is 0 Å². The molecule has 1 N–H and O–H groups in total. The zero-order valence-electron chi connectivity index (χ0n) is 8.91. The fourth-order valence-electron chi connectivity index (χ4n) is 1.28. The molecule has 0 saturated heterocycles. The van der Waals surface area contributed by atoms with E-state index in [9.17, 15) is 4.79 Å². The van der Waals surface area contributed by atoms with Gasteiger partial charge in [-0.3, -0.25) is 0 Å². The molecule has 2 heterocycles. The lowest BCUT2D eigenvalue weighted by atomic mass is 10.3. The quantitative estimate of drug-likeness (QED) is 0.835. The second kappa shape index (κ2) is 3.80. The van der Waals surface area contributed by atoms with Crippen molar-refractivity contribution >= 4 is 17.0 Å². The van der Waals surface area contributed by atoms with Gasteiger partial charge in [0, 0.05) is 5.39 Å². The average molecular weight is 221 g/mol. The minimum absolute atomic E-state index is 0.0263. The van der Waals surface area contributed by atoms with Gasteiger partial charge < -0.3 is 9.94 Å². The predicted molar refractivity (Wildman–Crippen MR) is 56.2 cm³/mol. The fraction of sp³-hybridized carbons (Fsp3) is 0.300. The second-order valence-corrected chi connectivity index (χ2v) is 3.59. The van der Waals surface area contributed by atoms with Crippen LogP contribution in [0.25, 0.3) is 11.0 Å². The number of pyridine rings is 1. The summed E-state index contributed by atoms with van der Waals surface area (Å²) >= 11 is 0. The van der Waals surface area contributed by atoms with Crippen LogP contribution in [0.3, 0.4) is 0 Å². The molecule has 0 atom stereocenters. The Morgan fingerprint density at radius 1 is 1.50 bits per heavy atom. The van der Waals surface area contributed by atoms with Crippen molar-refractivity contribution in [1.82, 2.24) is 14.9 Å². The number of aromatic nitrogens is 3. The Balaban J connectivity index is 2.51. The Bertz CT molecular complexity index is 533. The highest BCUT2D eigenvalue weighted by molar-refractivity contribution is 5.88. The van der Waals surface area contributed by atoms with Crippen LogP contribution < -0.4 is 4.84 Å². The maximum atomic E-state index is 10.8. The molecular formula is C10H11N3O3. The van der Waals surface area contributed by atoms with Crippen molar-refractivity contribution in [2.75, 3.05) is 0 Å².